The maximum absolute atomic E-state index is 12.3. The molecule has 2 rings (SSSR count). The summed E-state index contributed by atoms with van der Waals surface area (Å²) >= 11 is 0.800. The number of hydrogen-bond acceptors (Lipinski definition) is 3. The Bertz CT molecular complexity index is 438. The predicted octanol–water partition coefficient (Wildman–Crippen LogP) is 4.07. The number of nitrogens with one attached hydrogen (secondary N) is 1. The maximum Gasteiger partial charge on any atom is 0.434 e. The molecule has 1 aromatic heterocycles. The zero-order valence-corrected chi connectivity index (χ0v) is 11.1. The molecule has 0 atom stereocenters. The molecule has 0 saturated heterocycles. The second kappa shape index (κ2) is 5.90. The van der Waals surface area contributed by atoms with Crippen molar-refractivity contribution >= 4 is 22.4 Å². The average Bonchev–Trinajstić information content (AvgIpc) is 2.95. The summed E-state index contributed by atoms with van der Waals surface area (Å²) in [5, 5.41) is 3.35. The van der Waals surface area contributed by atoms with Crippen LogP contribution in [0.1, 0.15) is 44.2 Å². The highest BCUT2D eigenvalue weighted by atomic mass is 32.1. The molecule has 19 heavy (non-hydrogen) atoms. The molecule has 7 heteroatoms. The van der Waals surface area contributed by atoms with Crippen LogP contribution >= 0.6 is 11.3 Å². The molecule has 1 amide bonds. The molecule has 0 aliphatic heterocycles. The third kappa shape index (κ3) is 4.19. The second-order valence-corrected chi connectivity index (χ2v) is 5.63. The van der Waals surface area contributed by atoms with Crippen LogP contribution in [0.2, 0.25) is 0 Å². The van der Waals surface area contributed by atoms with Gasteiger partial charge in [0.25, 0.3) is 0 Å². The quantitative estimate of drug-likeness (QED) is 0.909. The van der Waals surface area contributed by atoms with Crippen LogP contribution in [-0.4, -0.2) is 10.9 Å². The van der Waals surface area contributed by atoms with Crippen molar-refractivity contribution in [3.63, 3.8) is 0 Å². The third-order valence-electron chi connectivity index (χ3n) is 3.30. The number of halogens is 3. The number of alkyl halides is 3. The van der Waals surface area contributed by atoms with Gasteiger partial charge in [0.15, 0.2) is 10.8 Å². The van der Waals surface area contributed by atoms with E-state index < -0.39 is 11.9 Å². The zero-order valence-electron chi connectivity index (χ0n) is 10.3. The smallest absolute Gasteiger partial charge is 0.302 e. The molecule has 0 aromatic carbocycles. The van der Waals surface area contributed by atoms with Crippen LogP contribution in [0.4, 0.5) is 18.3 Å². The van der Waals surface area contributed by atoms with Gasteiger partial charge >= 0.3 is 6.18 Å². The molecule has 1 saturated carbocycles. The van der Waals surface area contributed by atoms with Crippen molar-refractivity contribution in [3.05, 3.63) is 11.1 Å². The van der Waals surface area contributed by atoms with Crippen molar-refractivity contribution in [2.24, 2.45) is 5.92 Å². The predicted molar refractivity (Wildman–Crippen MR) is 66.9 cm³/mol. The summed E-state index contributed by atoms with van der Waals surface area (Å²) in [4.78, 5) is 15.0. The molecule has 1 N–H and O–H groups in total. The van der Waals surface area contributed by atoms with Gasteiger partial charge in [-0.15, -0.1) is 11.3 Å². The van der Waals surface area contributed by atoms with Crippen molar-refractivity contribution in [2.45, 2.75) is 44.7 Å². The molecule has 106 valence electrons. The van der Waals surface area contributed by atoms with Gasteiger partial charge < -0.3 is 5.32 Å². The molecule has 1 aromatic rings. The summed E-state index contributed by atoms with van der Waals surface area (Å²) in [7, 11) is 0. The van der Waals surface area contributed by atoms with Crippen LogP contribution in [0.3, 0.4) is 0 Å². The van der Waals surface area contributed by atoms with Gasteiger partial charge in [0, 0.05) is 11.8 Å². The first-order valence-electron chi connectivity index (χ1n) is 6.28. The van der Waals surface area contributed by atoms with E-state index in [0.29, 0.717) is 12.3 Å². The molecule has 1 aliphatic rings. The summed E-state index contributed by atoms with van der Waals surface area (Å²) in [6.45, 7) is 0. The molecule has 0 spiro atoms. The SMILES string of the molecule is O=C(CCC1CCCC1)Nc1nc(C(F)(F)F)cs1. The third-order valence-corrected chi connectivity index (χ3v) is 4.05. The minimum atomic E-state index is -4.46. The Balaban J connectivity index is 1.80. The van der Waals surface area contributed by atoms with Gasteiger partial charge in [-0.1, -0.05) is 25.7 Å². The highest BCUT2D eigenvalue weighted by molar-refractivity contribution is 7.13. The molecule has 0 unspecified atom stereocenters. The summed E-state index contributed by atoms with van der Waals surface area (Å²) in [6, 6.07) is 0. The van der Waals surface area contributed by atoms with Crippen molar-refractivity contribution in [1.82, 2.24) is 4.98 Å². The highest BCUT2D eigenvalue weighted by Crippen LogP contribution is 2.32. The standard InChI is InChI=1S/C12H15F3N2OS/c13-12(14,15)9-7-19-11(16-9)17-10(18)6-5-8-3-1-2-4-8/h7-8H,1-6H2,(H,16,17,18). The van der Waals surface area contributed by atoms with E-state index in [9.17, 15) is 18.0 Å². The largest absolute Gasteiger partial charge is 0.434 e. The first-order chi connectivity index (χ1) is 8.95. The summed E-state index contributed by atoms with van der Waals surface area (Å²) < 4.78 is 37.0. The van der Waals surface area contributed by atoms with Crippen molar-refractivity contribution < 1.29 is 18.0 Å². The summed E-state index contributed by atoms with van der Waals surface area (Å²) in [6.07, 6.45) is 1.45. The number of carbonyl (C=O) groups excluding carboxylic acids is 1. The van der Waals surface area contributed by atoms with E-state index in [1.54, 1.807) is 0 Å². The Hall–Kier alpha value is -1.11. The summed E-state index contributed by atoms with van der Waals surface area (Å²) in [5.41, 5.74) is -0.955. The molecule has 1 heterocycles. The van der Waals surface area contributed by atoms with Crippen LogP contribution in [-0.2, 0) is 11.0 Å². The fourth-order valence-corrected chi connectivity index (χ4v) is 3.01. The minimum absolute atomic E-state index is 0.0174. The Morgan fingerprint density at radius 3 is 2.68 bits per heavy atom. The van der Waals surface area contributed by atoms with Gasteiger partial charge in [-0.25, -0.2) is 4.98 Å². The highest BCUT2D eigenvalue weighted by Gasteiger charge is 2.33. The van der Waals surface area contributed by atoms with Gasteiger partial charge in [0.1, 0.15) is 0 Å². The fourth-order valence-electron chi connectivity index (χ4n) is 2.28. The lowest BCUT2D eigenvalue weighted by molar-refractivity contribution is -0.140. The first-order valence-corrected chi connectivity index (χ1v) is 7.15. The van der Waals surface area contributed by atoms with E-state index in [1.165, 1.54) is 12.8 Å². The van der Waals surface area contributed by atoms with Crippen LogP contribution in [0, 0.1) is 5.92 Å². The fraction of sp³-hybridized carbons (Fsp3) is 0.667. The lowest BCUT2D eigenvalue weighted by atomic mass is 10.0. The van der Waals surface area contributed by atoms with Crippen LogP contribution in [0.25, 0.3) is 0 Å². The molecule has 0 bridgehead atoms. The average molecular weight is 292 g/mol. The Labute approximate surface area is 113 Å². The number of thiazole rings is 1. The zero-order chi connectivity index (χ0) is 13.9. The molecular formula is C12H15F3N2OS. The number of anilines is 1. The van der Waals surface area contributed by atoms with E-state index >= 15 is 0 Å². The number of amides is 1. The lowest BCUT2D eigenvalue weighted by Gasteiger charge is -2.07. The van der Waals surface area contributed by atoms with Gasteiger partial charge in [-0.3, -0.25) is 4.79 Å². The lowest BCUT2D eigenvalue weighted by Crippen LogP contribution is -2.13. The van der Waals surface area contributed by atoms with Gasteiger partial charge in [0.2, 0.25) is 5.91 Å². The molecule has 3 nitrogen and oxygen atoms in total. The maximum atomic E-state index is 12.3. The normalized spacial score (nSPS) is 16.8. The minimum Gasteiger partial charge on any atom is -0.302 e. The van der Waals surface area contributed by atoms with E-state index in [2.05, 4.69) is 10.3 Å². The van der Waals surface area contributed by atoms with Crippen molar-refractivity contribution in [3.8, 4) is 0 Å². The first kappa shape index (κ1) is 14.3. The Kier molecular flexibility index (Phi) is 4.44. The molecule has 0 radical (unpaired) electrons. The Morgan fingerprint density at radius 2 is 2.11 bits per heavy atom. The topological polar surface area (TPSA) is 42.0 Å². The van der Waals surface area contributed by atoms with E-state index in [0.717, 1.165) is 36.0 Å². The van der Waals surface area contributed by atoms with Crippen molar-refractivity contribution in [1.29, 1.82) is 0 Å². The molecule has 1 aliphatic carbocycles. The second-order valence-electron chi connectivity index (χ2n) is 4.77. The van der Waals surface area contributed by atoms with Gasteiger partial charge in [-0.05, 0) is 12.3 Å². The van der Waals surface area contributed by atoms with E-state index in [4.69, 9.17) is 0 Å². The van der Waals surface area contributed by atoms with E-state index in [-0.39, 0.29) is 11.0 Å². The van der Waals surface area contributed by atoms with E-state index in [1.807, 2.05) is 0 Å². The Morgan fingerprint density at radius 1 is 1.42 bits per heavy atom. The number of aromatic nitrogens is 1. The van der Waals surface area contributed by atoms with Crippen LogP contribution in [0.15, 0.2) is 5.38 Å². The monoisotopic (exact) mass is 292 g/mol. The van der Waals surface area contributed by atoms with Crippen molar-refractivity contribution in [2.75, 3.05) is 5.32 Å². The number of rotatable bonds is 4. The van der Waals surface area contributed by atoms with Gasteiger partial charge in [0.05, 0.1) is 0 Å². The molecular weight excluding hydrogens is 277 g/mol. The van der Waals surface area contributed by atoms with Crippen LogP contribution in [0.5, 0.6) is 0 Å². The molecule has 1 fully saturated rings. The number of nitrogens with zero attached hydrogens (tertiary/aromatic N) is 1. The number of hydrogen-bond donors (Lipinski definition) is 1. The van der Waals surface area contributed by atoms with Crippen LogP contribution < -0.4 is 5.32 Å². The summed E-state index contributed by atoms with van der Waals surface area (Å²) in [5.74, 6) is 0.336. The number of carbonyl (C=O) groups is 1. The van der Waals surface area contributed by atoms with Gasteiger partial charge in [-0.2, -0.15) is 13.2 Å².